The van der Waals surface area contributed by atoms with E-state index in [1.54, 1.807) is 7.05 Å². The summed E-state index contributed by atoms with van der Waals surface area (Å²) in [6.07, 6.45) is 0. The lowest BCUT2D eigenvalue weighted by Gasteiger charge is -2.18. The Balaban J connectivity index is 0.00000121. The van der Waals surface area contributed by atoms with Crippen LogP contribution in [0.2, 0.25) is 0 Å². The highest BCUT2D eigenvalue weighted by Gasteiger charge is 2.22. The minimum absolute atomic E-state index is 0. The van der Waals surface area contributed by atoms with E-state index in [1.807, 2.05) is 30.3 Å². The van der Waals surface area contributed by atoms with E-state index < -0.39 is 4.46 Å². The number of hydrogen-bond acceptors (Lipinski definition) is 1. The first-order valence-corrected chi connectivity index (χ1v) is 4.04. The summed E-state index contributed by atoms with van der Waals surface area (Å²) in [5.74, 6) is 0. The molecule has 0 fully saturated rings. The van der Waals surface area contributed by atoms with Crippen LogP contribution in [0.5, 0.6) is 0 Å². The van der Waals surface area contributed by atoms with Crippen molar-refractivity contribution >= 4 is 35.6 Å². The monoisotopic (exact) mass is 225 g/mol. The third kappa shape index (κ3) is 2.83. The van der Waals surface area contributed by atoms with Crippen molar-refractivity contribution in [2.24, 2.45) is 0 Å². The van der Waals surface area contributed by atoms with E-state index in [9.17, 15) is 0 Å². The Labute approximate surface area is 88.5 Å². The van der Waals surface area contributed by atoms with Crippen LogP contribution in [0.15, 0.2) is 30.3 Å². The average molecular weight is 227 g/mol. The zero-order valence-corrected chi connectivity index (χ0v) is 8.88. The molecule has 0 aliphatic carbocycles. The maximum atomic E-state index is 5.90. The first-order chi connectivity index (χ1) is 5.17. The smallest absolute Gasteiger partial charge is 0.194 e. The lowest BCUT2D eigenvalue weighted by atomic mass is 10.2. The molecule has 0 saturated heterocycles. The van der Waals surface area contributed by atoms with Crippen molar-refractivity contribution in [3.63, 3.8) is 0 Å². The van der Waals surface area contributed by atoms with Crippen molar-refractivity contribution in [3.05, 3.63) is 35.9 Å². The SMILES string of the molecule is CNC(Cl)(Cl)c1ccccc1.Cl. The number of halogens is 3. The summed E-state index contributed by atoms with van der Waals surface area (Å²) in [6.45, 7) is 0. The fraction of sp³-hybridized carbons (Fsp3) is 0.250. The first-order valence-electron chi connectivity index (χ1n) is 3.29. The van der Waals surface area contributed by atoms with Gasteiger partial charge in [-0.25, -0.2) is 0 Å². The number of alkyl halides is 2. The molecule has 0 aliphatic heterocycles. The molecular weight excluding hydrogens is 216 g/mol. The van der Waals surface area contributed by atoms with E-state index in [4.69, 9.17) is 23.2 Å². The van der Waals surface area contributed by atoms with Crippen LogP contribution >= 0.6 is 35.6 Å². The molecule has 0 aliphatic rings. The molecule has 0 heterocycles. The van der Waals surface area contributed by atoms with Gasteiger partial charge in [-0.3, -0.25) is 5.32 Å². The van der Waals surface area contributed by atoms with Crippen molar-refractivity contribution in [1.82, 2.24) is 5.32 Å². The van der Waals surface area contributed by atoms with Gasteiger partial charge in [0.15, 0.2) is 4.46 Å². The third-order valence-electron chi connectivity index (χ3n) is 1.45. The van der Waals surface area contributed by atoms with E-state index in [-0.39, 0.29) is 12.4 Å². The van der Waals surface area contributed by atoms with Gasteiger partial charge in [0.1, 0.15) is 0 Å². The summed E-state index contributed by atoms with van der Waals surface area (Å²) in [6, 6.07) is 9.45. The summed E-state index contributed by atoms with van der Waals surface area (Å²) < 4.78 is -0.971. The normalized spacial score (nSPS) is 10.6. The van der Waals surface area contributed by atoms with Crippen LogP contribution in [0.3, 0.4) is 0 Å². The van der Waals surface area contributed by atoms with Gasteiger partial charge in [0, 0.05) is 5.56 Å². The maximum Gasteiger partial charge on any atom is 0.194 e. The molecule has 0 atom stereocenters. The number of benzene rings is 1. The van der Waals surface area contributed by atoms with Gasteiger partial charge in [-0.2, -0.15) is 0 Å². The standard InChI is InChI=1S/C8H9Cl2N.ClH/c1-11-8(9,10)7-5-3-2-4-6-7;/h2-6,11H,1H3;1H. The van der Waals surface area contributed by atoms with Crippen LogP contribution in [0.1, 0.15) is 5.56 Å². The van der Waals surface area contributed by atoms with Crippen molar-refractivity contribution in [2.75, 3.05) is 7.05 Å². The fourth-order valence-corrected chi connectivity index (χ4v) is 1.04. The molecule has 0 saturated carbocycles. The van der Waals surface area contributed by atoms with Gasteiger partial charge in [-0.15, -0.1) is 12.4 Å². The van der Waals surface area contributed by atoms with Crippen LogP contribution in [-0.2, 0) is 4.46 Å². The Kier molecular flexibility index (Phi) is 4.95. The second kappa shape index (κ2) is 4.93. The predicted molar refractivity (Wildman–Crippen MR) is 56.1 cm³/mol. The van der Waals surface area contributed by atoms with Crippen LogP contribution in [0.25, 0.3) is 0 Å². The molecular formula is C8H10Cl3N. The van der Waals surface area contributed by atoms with Crippen molar-refractivity contribution in [1.29, 1.82) is 0 Å². The van der Waals surface area contributed by atoms with Gasteiger partial charge < -0.3 is 0 Å². The zero-order chi connectivity index (χ0) is 8.32. The van der Waals surface area contributed by atoms with Gasteiger partial charge in [0.25, 0.3) is 0 Å². The molecule has 0 radical (unpaired) electrons. The molecule has 0 spiro atoms. The Hall–Kier alpha value is 0.0500. The summed E-state index contributed by atoms with van der Waals surface area (Å²) in [5.41, 5.74) is 0.853. The van der Waals surface area contributed by atoms with E-state index >= 15 is 0 Å². The highest BCUT2D eigenvalue weighted by atomic mass is 35.5. The molecule has 1 aromatic rings. The maximum absolute atomic E-state index is 5.90. The first kappa shape index (κ1) is 12.0. The topological polar surface area (TPSA) is 12.0 Å². The van der Waals surface area contributed by atoms with Crippen molar-refractivity contribution in [3.8, 4) is 0 Å². The molecule has 68 valence electrons. The van der Waals surface area contributed by atoms with Crippen LogP contribution in [0, 0.1) is 0 Å². The van der Waals surface area contributed by atoms with Gasteiger partial charge in [0.2, 0.25) is 0 Å². The van der Waals surface area contributed by atoms with Gasteiger partial charge in [0.05, 0.1) is 0 Å². The molecule has 12 heavy (non-hydrogen) atoms. The highest BCUT2D eigenvalue weighted by Crippen LogP contribution is 2.29. The van der Waals surface area contributed by atoms with Gasteiger partial charge >= 0.3 is 0 Å². The van der Waals surface area contributed by atoms with Crippen molar-refractivity contribution in [2.45, 2.75) is 4.46 Å². The molecule has 4 heteroatoms. The summed E-state index contributed by atoms with van der Waals surface area (Å²) in [5, 5.41) is 2.79. The molecule has 0 bridgehead atoms. The Morgan fingerprint density at radius 3 is 2.08 bits per heavy atom. The highest BCUT2D eigenvalue weighted by molar-refractivity contribution is 6.47. The number of nitrogens with one attached hydrogen (secondary N) is 1. The third-order valence-corrected chi connectivity index (χ3v) is 2.26. The Morgan fingerprint density at radius 2 is 1.67 bits per heavy atom. The predicted octanol–water partition coefficient (Wildman–Crippen LogP) is 2.92. The quantitative estimate of drug-likeness (QED) is 0.604. The van der Waals surface area contributed by atoms with Crippen LogP contribution in [0.4, 0.5) is 0 Å². The largest absolute Gasteiger partial charge is 0.285 e. The van der Waals surface area contributed by atoms with E-state index in [0.29, 0.717) is 0 Å². The van der Waals surface area contributed by atoms with Crippen LogP contribution in [-0.4, -0.2) is 7.05 Å². The summed E-state index contributed by atoms with van der Waals surface area (Å²) in [7, 11) is 1.72. The zero-order valence-electron chi connectivity index (χ0n) is 6.55. The molecule has 1 nitrogen and oxygen atoms in total. The summed E-state index contributed by atoms with van der Waals surface area (Å²) >= 11 is 11.8. The minimum Gasteiger partial charge on any atom is -0.285 e. The van der Waals surface area contributed by atoms with Gasteiger partial charge in [-0.05, 0) is 7.05 Å². The molecule has 1 N–H and O–H groups in total. The molecule has 0 amide bonds. The molecule has 0 unspecified atom stereocenters. The van der Waals surface area contributed by atoms with E-state index in [1.165, 1.54) is 0 Å². The Morgan fingerprint density at radius 1 is 1.17 bits per heavy atom. The second-order valence-corrected chi connectivity index (χ2v) is 3.52. The lowest BCUT2D eigenvalue weighted by molar-refractivity contribution is 0.711. The number of rotatable bonds is 2. The van der Waals surface area contributed by atoms with Gasteiger partial charge in [-0.1, -0.05) is 53.5 Å². The second-order valence-electron chi connectivity index (χ2n) is 2.19. The number of hydrogen-bond donors (Lipinski definition) is 1. The molecule has 0 aromatic heterocycles. The van der Waals surface area contributed by atoms with Crippen LogP contribution < -0.4 is 5.32 Å². The van der Waals surface area contributed by atoms with Crippen molar-refractivity contribution < 1.29 is 0 Å². The molecule has 1 aromatic carbocycles. The average Bonchev–Trinajstić information content (AvgIpc) is 2.06. The Bertz CT molecular complexity index is 223. The van der Waals surface area contributed by atoms with E-state index in [0.717, 1.165) is 5.56 Å². The molecule has 1 rings (SSSR count). The van der Waals surface area contributed by atoms with E-state index in [2.05, 4.69) is 5.32 Å². The lowest BCUT2D eigenvalue weighted by Crippen LogP contribution is -2.27. The fourth-order valence-electron chi connectivity index (χ4n) is 0.792. The minimum atomic E-state index is -0.971. The summed E-state index contributed by atoms with van der Waals surface area (Å²) in [4.78, 5) is 0.